The van der Waals surface area contributed by atoms with E-state index in [4.69, 9.17) is 0 Å². The number of carbonyl (C=O) groups is 1. The van der Waals surface area contributed by atoms with Gasteiger partial charge in [0.1, 0.15) is 17.4 Å². The molecular formula is C21H25F3N8OS. The Hall–Kier alpha value is -3.35. The first kappa shape index (κ1) is 25.3. The van der Waals surface area contributed by atoms with E-state index < -0.39 is 11.9 Å². The van der Waals surface area contributed by atoms with Crippen LogP contribution in [-0.4, -0.2) is 50.0 Å². The lowest BCUT2D eigenvalue weighted by Gasteiger charge is -2.32. The quantitative estimate of drug-likeness (QED) is 0.468. The summed E-state index contributed by atoms with van der Waals surface area (Å²) in [7, 11) is 1.80. The van der Waals surface area contributed by atoms with Crippen molar-refractivity contribution in [2.75, 3.05) is 28.8 Å². The zero-order valence-electron chi connectivity index (χ0n) is 19.1. The van der Waals surface area contributed by atoms with Gasteiger partial charge in [-0.05, 0) is 31.7 Å². The summed E-state index contributed by atoms with van der Waals surface area (Å²) in [6.07, 6.45) is 1.87. The molecule has 0 aliphatic carbocycles. The molecule has 2 N–H and O–H groups in total. The second-order valence-electron chi connectivity index (χ2n) is 7.56. The van der Waals surface area contributed by atoms with E-state index in [1.165, 1.54) is 12.3 Å². The smallest absolute Gasteiger partial charge is 0.350 e. The summed E-state index contributed by atoms with van der Waals surface area (Å²) in [5, 5.41) is 10.2. The van der Waals surface area contributed by atoms with E-state index in [2.05, 4.69) is 43.3 Å². The predicted molar refractivity (Wildman–Crippen MR) is 126 cm³/mol. The van der Waals surface area contributed by atoms with Gasteiger partial charge in [-0.2, -0.15) is 35.9 Å². The van der Waals surface area contributed by atoms with Crippen LogP contribution in [0.25, 0.3) is 0 Å². The number of aromatic nitrogens is 5. The average molecular weight is 495 g/mol. The third kappa shape index (κ3) is 5.58. The minimum absolute atomic E-state index is 0.108. The van der Waals surface area contributed by atoms with E-state index in [0.717, 1.165) is 11.6 Å². The second kappa shape index (κ2) is 10.3. The van der Waals surface area contributed by atoms with Gasteiger partial charge < -0.3 is 15.5 Å². The van der Waals surface area contributed by atoms with Crippen LogP contribution < -0.4 is 15.5 Å². The maximum absolute atomic E-state index is 12.6. The van der Waals surface area contributed by atoms with Crippen molar-refractivity contribution < 1.29 is 18.0 Å². The number of rotatable bonds is 5. The number of hydrogen-bond donors (Lipinski definition) is 3. The number of amides is 1. The molecule has 4 rings (SSSR count). The molecule has 1 amide bonds. The van der Waals surface area contributed by atoms with Crippen molar-refractivity contribution in [3.05, 3.63) is 53.2 Å². The molecule has 13 heteroatoms. The molecule has 3 aromatic rings. The molecule has 1 atom stereocenters. The van der Waals surface area contributed by atoms with E-state index in [0.29, 0.717) is 41.8 Å². The van der Waals surface area contributed by atoms with Gasteiger partial charge >= 0.3 is 6.18 Å². The third-order valence-electron chi connectivity index (χ3n) is 5.21. The molecular weight excluding hydrogens is 469 g/mol. The average Bonchev–Trinajstić information content (AvgIpc) is 3.25. The van der Waals surface area contributed by atoms with E-state index in [-0.39, 0.29) is 11.9 Å². The molecule has 4 heterocycles. The maximum Gasteiger partial charge on any atom is 0.433 e. The minimum atomic E-state index is -4.46. The van der Waals surface area contributed by atoms with Gasteiger partial charge in [-0.3, -0.25) is 14.5 Å². The summed E-state index contributed by atoms with van der Waals surface area (Å²) in [6.45, 7) is 4.28. The first-order chi connectivity index (χ1) is 16.1. The van der Waals surface area contributed by atoms with Crippen molar-refractivity contribution in [3.8, 4) is 0 Å². The second-order valence-corrected chi connectivity index (χ2v) is 7.56. The number of aryl methyl sites for hydroxylation is 1. The molecule has 1 aliphatic rings. The highest BCUT2D eigenvalue weighted by molar-refractivity contribution is 7.79. The lowest BCUT2D eigenvalue weighted by atomic mass is 10.2. The number of nitrogens with zero attached hydrogens (tertiary/aromatic N) is 6. The lowest BCUT2D eigenvalue weighted by Crippen LogP contribution is -2.44. The molecule has 3 aromatic heterocycles. The number of anilines is 3. The van der Waals surface area contributed by atoms with Crippen molar-refractivity contribution in [3.63, 3.8) is 0 Å². The van der Waals surface area contributed by atoms with Crippen molar-refractivity contribution in [2.45, 2.75) is 39.2 Å². The first-order valence-corrected chi connectivity index (χ1v) is 11.2. The zero-order chi connectivity index (χ0) is 25.0. The predicted octanol–water partition coefficient (Wildman–Crippen LogP) is 3.38. The standard InChI is InChI=1S/C20H21F3N8O.CH4S/c1-11-16-17(30(3)12(2)18(32)28-16)29-19(27-11)25-7-14-8-26-31(10-14)9-13-4-5-15(24-6-13)20(21,22)23;1-2/h4-6,8,10,12H,7,9H2,1-3H3,(H,28,32)(H,25,27,29);2H,1H3/t12-;/m0./s1. The number of hydrogen-bond acceptors (Lipinski definition) is 8. The third-order valence-corrected chi connectivity index (χ3v) is 5.21. The van der Waals surface area contributed by atoms with E-state index in [1.54, 1.807) is 49.1 Å². The Labute approximate surface area is 200 Å². The Bertz CT molecular complexity index is 1150. The summed E-state index contributed by atoms with van der Waals surface area (Å²) in [4.78, 5) is 26.2. The Balaban J connectivity index is 0.00000158. The zero-order valence-corrected chi connectivity index (χ0v) is 19.9. The molecule has 0 saturated heterocycles. The number of alkyl halides is 3. The lowest BCUT2D eigenvalue weighted by molar-refractivity contribution is -0.141. The van der Waals surface area contributed by atoms with Crippen LogP contribution in [0, 0.1) is 6.92 Å². The Morgan fingerprint density at radius 1 is 1.18 bits per heavy atom. The Morgan fingerprint density at radius 2 is 1.91 bits per heavy atom. The van der Waals surface area contributed by atoms with Gasteiger partial charge in [-0.25, -0.2) is 4.98 Å². The molecule has 182 valence electrons. The fourth-order valence-corrected chi connectivity index (χ4v) is 3.26. The van der Waals surface area contributed by atoms with Gasteiger partial charge in [0, 0.05) is 31.5 Å². The van der Waals surface area contributed by atoms with Crippen molar-refractivity contribution in [1.82, 2.24) is 24.7 Å². The van der Waals surface area contributed by atoms with Crippen LogP contribution >= 0.6 is 12.6 Å². The van der Waals surface area contributed by atoms with Crippen LogP contribution in [0.1, 0.15) is 29.4 Å². The highest BCUT2D eigenvalue weighted by atomic mass is 32.1. The molecule has 0 aromatic carbocycles. The van der Waals surface area contributed by atoms with Crippen LogP contribution in [0.2, 0.25) is 0 Å². The summed E-state index contributed by atoms with van der Waals surface area (Å²) in [6, 6.07) is 2.00. The van der Waals surface area contributed by atoms with Crippen molar-refractivity contribution >= 4 is 36.0 Å². The van der Waals surface area contributed by atoms with E-state index in [1.807, 2.05) is 0 Å². The van der Waals surface area contributed by atoms with Gasteiger partial charge in [0.25, 0.3) is 0 Å². The molecule has 9 nitrogen and oxygen atoms in total. The van der Waals surface area contributed by atoms with Crippen LogP contribution in [0.5, 0.6) is 0 Å². The molecule has 0 spiro atoms. The minimum Gasteiger partial charge on any atom is -0.350 e. The summed E-state index contributed by atoms with van der Waals surface area (Å²) in [5.74, 6) is 0.941. The molecule has 0 fully saturated rings. The number of likely N-dealkylation sites (N-methyl/N-ethyl adjacent to an activating group) is 1. The van der Waals surface area contributed by atoms with Crippen molar-refractivity contribution in [2.24, 2.45) is 0 Å². The monoisotopic (exact) mass is 494 g/mol. The number of carbonyl (C=O) groups excluding carboxylic acids is 1. The summed E-state index contributed by atoms with van der Waals surface area (Å²) < 4.78 is 39.5. The van der Waals surface area contributed by atoms with E-state index in [9.17, 15) is 18.0 Å². The molecule has 34 heavy (non-hydrogen) atoms. The van der Waals surface area contributed by atoms with E-state index >= 15 is 0 Å². The fraction of sp³-hybridized carbons (Fsp3) is 0.381. The van der Waals surface area contributed by atoms with Gasteiger partial charge in [0.05, 0.1) is 18.4 Å². The molecule has 0 radical (unpaired) electrons. The topological polar surface area (TPSA) is 101 Å². The number of halogens is 3. The van der Waals surface area contributed by atoms with Crippen LogP contribution in [0.4, 0.5) is 30.6 Å². The van der Waals surface area contributed by atoms with Gasteiger partial charge in [-0.1, -0.05) is 6.07 Å². The summed E-state index contributed by atoms with van der Waals surface area (Å²) >= 11 is 3.53. The van der Waals surface area contributed by atoms with Crippen molar-refractivity contribution in [1.29, 1.82) is 0 Å². The Morgan fingerprint density at radius 3 is 2.56 bits per heavy atom. The van der Waals surface area contributed by atoms with Gasteiger partial charge in [0.2, 0.25) is 11.9 Å². The fourth-order valence-electron chi connectivity index (χ4n) is 3.26. The van der Waals surface area contributed by atoms with Crippen LogP contribution in [0.3, 0.4) is 0 Å². The maximum atomic E-state index is 12.6. The Kier molecular flexibility index (Phi) is 7.64. The number of fused-ring (bicyclic) bond motifs is 1. The largest absolute Gasteiger partial charge is 0.433 e. The summed E-state index contributed by atoms with van der Waals surface area (Å²) in [5.41, 5.74) is 1.77. The van der Waals surface area contributed by atoms with Gasteiger partial charge in [0.15, 0.2) is 5.82 Å². The number of nitrogens with one attached hydrogen (secondary N) is 2. The SMILES string of the molecule is CS.Cc1nc(NCc2cnn(Cc3ccc(C(F)(F)F)nc3)c2)nc2c1NC(=O)[C@H](C)N2C. The highest BCUT2D eigenvalue weighted by Gasteiger charge is 2.32. The highest BCUT2D eigenvalue weighted by Crippen LogP contribution is 2.32. The molecule has 0 bridgehead atoms. The molecule has 1 aliphatic heterocycles. The molecule has 0 unspecified atom stereocenters. The van der Waals surface area contributed by atoms with Crippen LogP contribution in [0.15, 0.2) is 30.7 Å². The van der Waals surface area contributed by atoms with Gasteiger partial charge in [-0.15, -0.1) is 0 Å². The number of thiol groups is 1. The normalized spacial score (nSPS) is 15.2. The first-order valence-electron chi connectivity index (χ1n) is 10.3. The van der Waals surface area contributed by atoms with Crippen LogP contribution in [-0.2, 0) is 24.1 Å². The molecule has 0 saturated carbocycles. The number of pyridine rings is 1.